The lowest BCUT2D eigenvalue weighted by molar-refractivity contribution is 0.435. The van der Waals surface area contributed by atoms with E-state index in [0.717, 1.165) is 68.1 Å². The fourth-order valence-electron chi connectivity index (χ4n) is 6.35. The fraction of sp³-hybridized carbons (Fsp3) is 0.452. The summed E-state index contributed by atoms with van der Waals surface area (Å²) in [7, 11) is 0. The van der Waals surface area contributed by atoms with Gasteiger partial charge in [-0.05, 0) is 72.6 Å². The lowest BCUT2D eigenvalue weighted by Gasteiger charge is -2.32. The molecule has 39 heavy (non-hydrogen) atoms. The van der Waals surface area contributed by atoms with Crippen LogP contribution in [0.25, 0.3) is 0 Å². The van der Waals surface area contributed by atoms with Crippen LogP contribution >= 0.6 is 23.8 Å². The molecule has 6 rings (SSSR count). The first-order chi connectivity index (χ1) is 19.0. The Morgan fingerprint density at radius 1 is 0.949 bits per heavy atom. The summed E-state index contributed by atoms with van der Waals surface area (Å²) in [4.78, 5) is 14.6. The Kier molecular flexibility index (Phi) is 7.63. The van der Waals surface area contributed by atoms with Crippen LogP contribution in [0, 0.1) is 5.92 Å². The summed E-state index contributed by atoms with van der Waals surface area (Å²) in [5, 5.41) is 8.19. The Morgan fingerprint density at radius 3 is 2.21 bits per heavy atom. The van der Waals surface area contributed by atoms with Gasteiger partial charge in [-0.3, -0.25) is 0 Å². The number of aromatic nitrogens is 2. The van der Waals surface area contributed by atoms with Gasteiger partial charge in [0.05, 0.1) is 0 Å². The smallest absolute Gasteiger partial charge is 0.232 e. The Balaban J connectivity index is 1.20. The van der Waals surface area contributed by atoms with Crippen molar-refractivity contribution in [2.45, 2.75) is 64.0 Å². The molecule has 0 unspecified atom stereocenters. The molecule has 1 saturated carbocycles. The maximum absolute atomic E-state index is 6.18. The van der Waals surface area contributed by atoms with Crippen molar-refractivity contribution in [1.82, 2.24) is 15.3 Å². The fourth-order valence-corrected chi connectivity index (χ4v) is 6.64. The monoisotopic (exact) mass is 560 g/mol. The van der Waals surface area contributed by atoms with Gasteiger partial charge in [0.25, 0.3) is 0 Å². The van der Waals surface area contributed by atoms with Gasteiger partial charge < -0.3 is 20.4 Å². The predicted octanol–water partition coefficient (Wildman–Crippen LogP) is 6.68. The van der Waals surface area contributed by atoms with E-state index in [-0.39, 0.29) is 5.41 Å². The molecule has 0 atom stereocenters. The maximum atomic E-state index is 6.18. The number of benzene rings is 2. The van der Waals surface area contributed by atoms with Crippen molar-refractivity contribution in [3.05, 3.63) is 76.3 Å². The summed E-state index contributed by atoms with van der Waals surface area (Å²) in [5.74, 6) is 3.23. The summed E-state index contributed by atoms with van der Waals surface area (Å²) in [5.41, 5.74) is 4.12. The third kappa shape index (κ3) is 5.85. The summed E-state index contributed by atoms with van der Waals surface area (Å²) in [6.07, 6.45) is 7.11. The van der Waals surface area contributed by atoms with Crippen molar-refractivity contribution >= 4 is 46.5 Å². The second kappa shape index (κ2) is 11.3. The normalized spacial score (nSPS) is 18.7. The number of rotatable bonds is 6. The third-order valence-electron chi connectivity index (χ3n) is 8.80. The molecule has 2 N–H and O–H groups in total. The van der Waals surface area contributed by atoms with Gasteiger partial charge in [-0.1, -0.05) is 67.8 Å². The number of anilines is 3. The molecule has 0 radical (unpaired) electrons. The van der Waals surface area contributed by atoms with Crippen LogP contribution in [0.5, 0.6) is 0 Å². The number of nitrogens with zero attached hydrogens (tertiary/aromatic N) is 4. The molecule has 0 amide bonds. The van der Waals surface area contributed by atoms with Gasteiger partial charge in [0, 0.05) is 49.2 Å². The molecule has 8 heteroatoms. The van der Waals surface area contributed by atoms with Gasteiger partial charge in [0.1, 0.15) is 11.6 Å². The van der Waals surface area contributed by atoms with Gasteiger partial charge in [0.15, 0.2) is 5.11 Å². The molecule has 2 aliphatic heterocycles. The summed E-state index contributed by atoms with van der Waals surface area (Å²) < 4.78 is 0. The second-order valence-corrected chi connectivity index (χ2v) is 12.3. The summed E-state index contributed by atoms with van der Waals surface area (Å²) in [6.45, 7) is 6.86. The van der Waals surface area contributed by atoms with Crippen LogP contribution in [0.1, 0.15) is 62.1 Å². The topological polar surface area (TPSA) is 56.3 Å². The summed E-state index contributed by atoms with van der Waals surface area (Å²) >= 11 is 12.0. The van der Waals surface area contributed by atoms with Crippen LogP contribution < -0.4 is 20.4 Å². The average Bonchev–Trinajstić information content (AvgIpc) is 3.61. The molecule has 0 bridgehead atoms. The van der Waals surface area contributed by atoms with Crippen molar-refractivity contribution in [1.29, 1.82) is 0 Å². The third-order valence-corrected chi connectivity index (χ3v) is 9.30. The summed E-state index contributed by atoms with van der Waals surface area (Å²) in [6, 6.07) is 19.1. The van der Waals surface area contributed by atoms with Gasteiger partial charge in [0.2, 0.25) is 5.95 Å². The number of fused-ring (bicyclic) bond motifs is 1. The molecule has 1 saturated heterocycles. The highest BCUT2D eigenvalue weighted by molar-refractivity contribution is 7.80. The molecular weight excluding hydrogens is 524 g/mol. The largest absolute Gasteiger partial charge is 0.361 e. The van der Waals surface area contributed by atoms with Crippen molar-refractivity contribution in [3.8, 4) is 0 Å². The van der Waals surface area contributed by atoms with E-state index in [0.29, 0.717) is 11.1 Å². The van der Waals surface area contributed by atoms with E-state index in [2.05, 4.69) is 69.8 Å². The number of piperidine rings is 1. The van der Waals surface area contributed by atoms with Crippen LogP contribution in [0.15, 0.2) is 54.6 Å². The van der Waals surface area contributed by atoms with Crippen molar-refractivity contribution < 1.29 is 0 Å². The standard InChI is InChI=1S/C31H37ClN6S/c1-22-12-16-37(17-13-22)27-18-28(38-19-23-6-2-3-7-24(23)20-38)35-29(34-27)36-30(39)33-21-31(14-4-5-15-31)25-8-10-26(32)11-9-25/h2-3,6-11,18,22H,4-5,12-17,19-21H2,1H3,(H2,33,34,35,36,39). The molecular formula is C31H37ClN6S. The molecule has 1 aromatic heterocycles. The van der Waals surface area contributed by atoms with E-state index in [1.807, 2.05) is 12.1 Å². The minimum atomic E-state index is 0.0655. The van der Waals surface area contributed by atoms with Crippen LogP contribution in [0.2, 0.25) is 5.02 Å². The molecule has 1 aliphatic carbocycles. The average molecular weight is 561 g/mol. The molecule has 3 aromatic rings. The van der Waals surface area contributed by atoms with E-state index in [9.17, 15) is 0 Å². The van der Waals surface area contributed by atoms with Gasteiger partial charge in [-0.2, -0.15) is 9.97 Å². The quantitative estimate of drug-likeness (QED) is 0.326. The number of halogens is 1. The molecule has 2 aromatic carbocycles. The Labute approximate surface area is 242 Å². The predicted molar refractivity (Wildman–Crippen MR) is 165 cm³/mol. The van der Waals surface area contributed by atoms with Crippen LogP contribution in [-0.4, -0.2) is 34.7 Å². The Bertz CT molecular complexity index is 1290. The molecule has 6 nitrogen and oxygen atoms in total. The zero-order chi connectivity index (χ0) is 26.8. The maximum Gasteiger partial charge on any atom is 0.232 e. The molecule has 2 fully saturated rings. The highest BCUT2D eigenvalue weighted by Crippen LogP contribution is 2.41. The zero-order valence-electron chi connectivity index (χ0n) is 22.6. The van der Waals surface area contributed by atoms with Gasteiger partial charge in [-0.25, -0.2) is 0 Å². The first kappa shape index (κ1) is 26.3. The molecule has 204 valence electrons. The molecule has 0 spiro atoms. The van der Waals surface area contributed by atoms with E-state index in [1.54, 1.807) is 0 Å². The number of hydrogen-bond acceptors (Lipinski definition) is 5. The SMILES string of the molecule is CC1CCN(c2cc(N3Cc4ccccc4C3)nc(NC(=S)NCC3(c4ccc(Cl)cc4)CCCC3)n2)CC1. The second-order valence-electron chi connectivity index (χ2n) is 11.5. The Hall–Kier alpha value is -2.90. The number of nitrogens with one attached hydrogen (secondary N) is 2. The molecule has 3 heterocycles. The van der Waals surface area contributed by atoms with E-state index in [1.165, 1.54) is 42.4 Å². The van der Waals surface area contributed by atoms with Crippen LogP contribution in [0.4, 0.5) is 17.6 Å². The first-order valence-corrected chi connectivity index (χ1v) is 15.0. The number of thiocarbonyl (C=S) groups is 1. The lowest BCUT2D eigenvalue weighted by atomic mass is 9.79. The number of hydrogen-bond donors (Lipinski definition) is 2. The van der Waals surface area contributed by atoms with Crippen LogP contribution in [-0.2, 0) is 18.5 Å². The highest BCUT2D eigenvalue weighted by Gasteiger charge is 2.35. The first-order valence-electron chi connectivity index (χ1n) is 14.2. The Morgan fingerprint density at radius 2 is 1.56 bits per heavy atom. The zero-order valence-corrected chi connectivity index (χ0v) is 24.2. The van der Waals surface area contributed by atoms with E-state index in [4.69, 9.17) is 33.8 Å². The van der Waals surface area contributed by atoms with Crippen LogP contribution in [0.3, 0.4) is 0 Å². The minimum absolute atomic E-state index is 0.0655. The lowest BCUT2D eigenvalue weighted by Crippen LogP contribution is -2.41. The minimum Gasteiger partial charge on any atom is -0.361 e. The van der Waals surface area contributed by atoms with Gasteiger partial charge in [-0.15, -0.1) is 0 Å². The highest BCUT2D eigenvalue weighted by atomic mass is 35.5. The van der Waals surface area contributed by atoms with E-state index >= 15 is 0 Å². The van der Waals surface area contributed by atoms with E-state index < -0.39 is 0 Å². The van der Waals surface area contributed by atoms with Crippen molar-refractivity contribution in [2.24, 2.45) is 5.92 Å². The molecule has 3 aliphatic rings. The van der Waals surface area contributed by atoms with Crippen molar-refractivity contribution in [2.75, 3.05) is 34.8 Å². The van der Waals surface area contributed by atoms with Gasteiger partial charge >= 0.3 is 0 Å². The van der Waals surface area contributed by atoms with Crippen molar-refractivity contribution in [3.63, 3.8) is 0 Å².